The molecule has 0 saturated carbocycles. The van der Waals surface area contributed by atoms with E-state index in [2.05, 4.69) is 15.4 Å². The van der Waals surface area contributed by atoms with Gasteiger partial charge in [-0.15, -0.1) is 0 Å². The molecule has 3 amide bonds. The topological polar surface area (TPSA) is 121 Å². The molecule has 0 radical (unpaired) electrons. The fraction of sp³-hybridized carbons (Fsp3) is 0.615. The van der Waals surface area contributed by atoms with Crippen molar-refractivity contribution in [3.8, 4) is 0 Å². The first kappa shape index (κ1) is 26.8. The average molecular weight is 517 g/mol. The number of rotatable bonds is 9. The van der Waals surface area contributed by atoms with Crippen LogP contribution in [0, 0.1) is 11.7 Å². The van der Waals surface area contributed by atoms with Crippen molar-refractivity contribution in [3.63, 3.8) is 0 Å². The molecule has 11 heteroatoms. The molecule has 4 rings (SSSR count). The van der Waals surface area contributed by atoms with Gasteiger partial charge in [-0.2, -0.15) is 0 Å². The number of anilines is 1. The van der Waals surface area contributed by atoms with E-state index < -0.39 is 0 Å². The predicted octanol–water partition coefficient (Wildman–Crippen LogP) is 1.08. The molecular formula is C26H37FN6O4. The molecule has 0 aliphatic carbocycles. The molecule has 0 aromatic heterocycles. The third-order valence-corrected chi connectivity index (χ3v) is 7.42. The summed E-state index contributed by atoms with van der Waals surface area (Å²) in [5, 5.41) is 6.76. The lowest BCUT2D eigenvalue weighted by molar-refractivity contribution is -0.131. The van der Waals surface area contributed by atoms with Crippen LogP contribution in [0.1, 0.15) is 44.6 Å². The van der Waals surface area contributed by atoms with E-state index >= 15 is 4.39 Å². The normalized spacial score (nSPS) is 20.9. The number of hydrogen-bond acceptors (Lipinski definition) is 7. The summed E-state index contributed by atoms with van der Waals surface area (Å²) in [6.07, 6.45) is 3.13. The smallest absolute Gasteiger partial charge is 0.222 e. The van der Waals surface area contributed by atoms with Crippen LogP contribution in [0.25, 0.3) is 0 Å². The second-order valence-electron chi connectivity index (χ2n) is 10.1. The first-order valence-electron chi connectivity index (χ1n) is 13.1. The Labute approximate surface area is 216 Å². The van der Waals surface area contributed by atoms with Gasteiger partial charge in [0.2, 0.25) is 17.7 Å². The van der Waals surface area contributed by atoms with Crippen molar-refractivity contribution in [2.24, 2.45) is 16.8 Å². The second kappa shape index (κ2) is 12.4. The standard InChI is InChI=1S/C26H37FN6O4/c1-18(34)29-17-21-16-23(30-37-21)20-4-5-24(22(27)15-20)32-11-13-33(14-12-32)25(35)3-2-8-31-9-6-19(7-10-31)26(28)36/h4-5,15,19,21H,2-3,6-14,16-17H2,1H3,(H2,28,36)(H,29,34). The summed E-state index contributed by atoms with van der Waals surface area (Å²) in [7, 11) is 0. The number of piperazine rings is 1. The number of amides is 3. The number of nitrogens with one attached hydrogen (secondary N) is 1. The molecule has 1 aromatic carbocycles. The highest BCUT2D eigenvalue weighted by atomic mass is 19.1. The summed E-state index contributed by atoms with van der Waals surface area (Å²) in [6, 6.07) is 5.07. The maximum absolute atomic E-state index is 15.0. The number of carbonyl (C=O) groups excluding carboxylic acids is 3. The zero-order chi connectivity index (χ0) is 26.4. The van der Waals surface area contributed by atoms with Gasteiger partial charge in [0.05, 0.1) is 17.9 Å². The minimum absolute atomic E-state index is 0.0192. The highest BCUT2D eigenvalue weighted by molar-refractivity contribution is 6.01. The van der Waals surface area contributed by atoms with Crippen LogP contribution in [0.5, 0.6) is 0 Å². The van der Waals surface area contributed by atoms with Crippen molar-refractivity contribution < 1.29 is 23.6 Å². The minimum atomic E-state index is -0.328. The zero-order valence-corrected chi connectivity index (χ0v) is 21.5. The van der Waals surface area contributed by atoms with E-state index in [9.17, 15) is 14.4 Å². The highest BCUT2D eigenvalue weighted by Gasteiger charge is 2.26. The van der Waals surface area contributed by atoms with E-state index in [0.29, 0.717) is 62.5 Å². The first-order valence-corrected chi connectivity index (χ1v) is 13.1. The maximum atomic E-state index is 15.0. The van der Waals surface area contributed by atoms with Crippen LogP contribution < -0.4 is 16.0 Å². The molecule has 2 saturated heterocycles. The Kier molecular flexibility index (Phi) is 8.96. The quantitative estimate of drug-likeness (QED) is 0.507. The van der Waals surface area contributed by atoms with Crippen LogP contribution in [0.3, 0.4) is 0 Å². The molecule has 0 bridgehead atoms. The van der Waals surface area contributed by atoms with Crippen LogP contribution in [0.2, 0.25) is 0 Å². The Morgan fingerprint density at radius 3 is 2.51 bits per heavy atom. The third kappa shape index (κ3) is 7.18. The van der Waals surface area contributed by atoms with Gasteiger partial charge in [0.25, 0.3) is 0 Å². The van der Waals surface area contributed by atoms with Crippen molar-refractivity contribution in [2.45, 2.75) is 45.1 Å². The summed E-state index contributed by atoms with van der Waals surface area (Å²) < 4.78 is 15.0. The van der Waals surface area contributed by atoms with Crippen molar-refractivity contribution in [1.82, 2.24) is 15.1 Å². The summed E-state index contributed by atoms with van der Waals surface area (Å²) in [5.74, 6) is -0.557. The molecule has 0 spiro atoms. The van der Waals surface area contributed by atoms with Crippen LogP contribution >= 0.6 is 0 Å². The second-order valence-corrected chi connectivity index (χ2v) is 10.1. The largest absolute Gasteiger partial charge is 0.390 e. The van der Waals surface area contributed by atoms with E-state index in [1.165, 1.54) is 13.0 Å². The van der Waals surface area contributed by atoms with Crippen LogP contribution in [0.4, 0.5) is 10.1 Å². The third-order valence-electron chi connectivity index (χ3n) is 7.42. The number of likely N-dealkylation sites (tertiary alicyclic amines) is 1. The van der Waals surface area contributed by atoms with Crippen LogP contribution in [0.15, 0.2) is 23.4 Å². The first-order chi connectivity index (χ1) is 17.8. The van der Waals surface area contributed by atoms with Crippen molar-refractivity contribution in [2.75, 3.05) is 57.3 Å². The Balaban J connectivity index is 1.19. The van der Waals surface area contributed by atoms with E-state index in [1.54, 1.807) is 6.07 Å². The molecular weight excluding hydrogens is 479 g/mol. The Hall–Kier alpha value is -3.21. The van der Waals surface area contributed by atoms with Gasteiger partial charge in [0, 0.05) is 57.4 Å². The number of piperidine rings is 1. The predicted molar refractivity (Wildman–Crippen MR) is 137 cm³/mol. The van der Waals surface area contributed by atoms with E-state index in [0.717, 1.165) is 38.9 Å². The molecule has 1 atom stereocenters. The van der Waals surface area contributed by atoms with Gasteiger partial charge in [-0.1, -0.05) is 11.2 Å². The monoisotopic (exact) mass is 516 g/mol. The molecule has 3 aliphatic heterocycles. The minimum Gasteiger partial charge on any atom is -0.390 e. The van der Waals surface area contributed by atoms with Crippen molar-refractivity contribution in [3.05, 3.63) is 29.6 Å². The SMILES string of the molecule is CC(=O)NCC1CC(c2ccc(N3CCN(C(=O)CCCN4CCC(C(N)=O)CC4)CC3)c(F)c2)=NO1. The molecule has 1 aromatic rings. The van der Waals surface area contributed by atoms with E-state index in [1.807, 2.05) is 15.9 Å². The number of carbonyl (C=O) groups is 3. The molecule has 202 valence electrons. The summed E-state index contributed by atoms with van der Waals surface area (Å²) in [4.78, 5) is 46.6. The van der Waals surface area contributed by atoms with Crippen molar-refractivity contribution in [1.29, 1.82) is 0 Å². The van der Waals surface area contributed by atoms with Gasteiger partial charge < -0.3 is 30.6 Å². The van der Waals surface area contributed by atoms with Gasteiger partial charge in [0.1, 0.15) is 11.9 Å². The maximum Gasteiger partial charge on any atom is 0.222 e. The lowest BCUT2D eigenvalue weighted by Crippen LogP contribution is -2.49. The lowest BCUT2D eigenvalue weighted by atomic mass is 9.96. The van der Waals surface area contributed by atoms with Gasteiger partial charge >= 0.3 is 0 Å². The molecule has 37 heavy (non-hydrogen) atoms. The molecule has 1 unspecified atom stereocenters. The van der Waals surface area contributed by atoms with E-state index in [-0.39, 0.29) is 35.6 Å². The molecule has 10 nitrogen and oxygen atoms in total. The number of benzene rings is 1. The number of hydrogen-bond donors (Lipinski definition) is 2. The molecule has 3 N–H and O–H groups in total. The number of primary amides is 1. The Morgan fingerprint density at radius 1 is 1.14 bits per heavy atom. The number of nitrogens with two attached hydrogens (primary N) is 1. The number of oxime groups is 1. The summed E-state index contributed by atoms with van der Waals surface area (Å²) in [6.45, 7) is 6.63. The Bertz CT molecular complexity index is 1020. The Morgan fingerprint density at radius 2 is 1.86 bits per heavy atom. The van der Waals surface area contributed by atoms with Gasteiger partial charge in [-0.05, 0) is 51.0 Å². The van der Waals surface area contributed by atoms with E-state index in [4.69, 9.17) is 10.6 Å². The van der Waals surface area contributed by atoms with Gasteiger partial charge in [-0.3, -0.25) is 14.4 Å². The fourth-order valence-electron chi connectivity index (χ4n) is 5.16. The fourth-order valence-corrected chi connectivity index (χ4v) is 5.16. The van der Waals surface area contributed by atoms with Crippen molar-refractivity contribution >= 4 is 29.1 Å². The number of halogens is 1. The average Bonchev–Trinajstić information content (AvgIpc) is 3.37. The van der Waals surface area contributed by atoms with Crippen LogP contribution in [-0.2, 0) is 19.2 Å². The molecule has 3 aliphatic rings. The number of nitrogens with zero attached hydrogens (tertiary/aromatic N) is 4. The summed E-state index contributed by atoms with van der Waals surface area (Å²) >= 11 is 0. The summed E-state index contributed by atoms with van der Waals surface area (Å²) in [5.41, 5.74) is 7.24. The molecule has 3 heterocycles. The zero-order valence-electron chi connectivity index (χ0n) is 21.5. The van der Waals surface area contributed by atoms with Crippen LogP contribution in [-0.4, -0.2) is 91.7 Å². The lowest BCUT2D eigenvalue weighted by Gasteiger charge is -2.36. The highest BCUT2D eigenvalue weighted by Crippen LogP contribution is 2.25. The molecule has 2 fully saturated rings. The van der Waals surface area contributed by atoms with Gasteiger partial charge in [0.15, 0.2) is 0 Å². The van der Waals surface area contributed by atoms with Gasteiger partial charge in [-0.25, -0.2) is 4.39 Å².